The molecule has 2 aromatic heterocycles. The second kappa shape index (κ2) is 34.0. The van der Waals surface area contributed by atoms with Crippen molar-refractivity contribution in [2.24, 2.45) is 14.1 Å². The Balaban J connectivity index is 0.000000306. The van der Waals surface area contributed by atoms with Gasteiger partial charge in [0, 0.05) is 62.9 Å². The molecular formula is C40H57Cl4N10O10P3. The highest BCUT2D eigenvalue weighted by Gasteiger charge is 2.25. The number of hydrogen-bond donors (Lipinski definition) is 6. The van der Waals surface area contributed by atoms with Gasteiger partial charge in [0.2, 0.25) is 0 Å². The van der Waals surface area contributed by atoms with Crippen LogP contribution >= 0.6 is 69.7 Å². The minimum atomic E-state index is -3.39. The molecule has 27 heteroatoms. The van der Waals surface area contributed by atoms with Crippen molar-refractivity contribution in [3.63, 3.8) is 0 Å². The van der Waals surface area contributed by atoms with Crippen molar-refractivity contribution in [1.82, 2.24) is 39.5 Å². The maximum atomic E-state index is 12.4. The van der Waals surface area contributed by atoms with E-state index in [0.717, 1.165) is 13.2 Å². The molecule has 0 saturated carbocycles. The summed E-state index contributed by atoms with van der Waals surface area (Å²) < 4.78 is 36.1. The van der Waals surface area contributed by atoms with Crippen LogP contribution in [0.15, 0.2) is 103 Å². The van der Waals surface area contributed by atoms with E-state index >= 15 is 0 Å². The van der Waals surface area contributed by atoms with Crippen LogP contribution in [0.4, 0.5) is 11.9 Å². The molecule has 0 bridgehead atoms. The minimum absolute atomic E-state index is 0.112. The fourth-order valence-corrected chi connectivity index (χ4v) is 10.9. The molecule has 0 aliphatic carbocycles. The number of rotatable bonds is 21. The highest BCUT2D eigenvalue weighted by Crippen LogP contribution is 2.38. The number of hydrogen-bond acceptors (Lipinski definition) is 11. The number of aliphatic hydroxyl groups is 1. The Bertz CT molecular complexity index is 2110. The van der Waals surface area contributed by atoms with E-state index in [1.165, 1.54) is 64.4 Å². The van der Waals surface area contributed by atoms with Crippen LogP contribution in [-0.2, 0) is 45.7 Å². The Hall–Kier alpha value is -3.39. The molecule has 0 unspecified atom stereocenters. The molecule has 20 nitrogen and oxygen atoms in total. The van der Waals surface area contributed by atoms with Gasteiger partial charge < -0.3 is 35.0 Å². The lowest BCUT2D eigenvalue weighted by molar-refractivity contribution is -0.396. The molecule has 1 aliphatic rings. The van der Waals surface area contributed by atoms with E-state index in [-0.39, 0.29) is 50.0 Å². The Morgan fingerprint density at radius 2 is 1.03 bits per heavy atom. The largest absolute Gasteiger partial charge is 0.434 e. The van der Waals surface area contributed by atoms with Gasteiger partial charge in [0.05, 0.1) is 14.1 Å². The number of ether oxygens (including phenoxy) is 1. The predicted octanol–water partition coefficient (Wildman–Crippen LogP) is 6.42. The van der Waals surface area contributed by atoms with E-state index in [1.54, 1.807) is 0 Å². The summed E-state index contributed by atoms with van der Waals surface area (Å²) in [6.07, 6.45) is 5.13. The van der Waals surface area contributed by atoms with E-state index in [9.17, 15) is 29.4 Å². The molecule has 5 aromatic rings. The molecule has 3 heterocycles. The molecule has 67 heavy (non-hydrogen) atoms. The molecule has 370 valence electrons. The van der Waals surface area contributed by atoms with Gasteiger partial charge in [-0.15, -0.1) is 46.4 Å². The van der Waals surface area contributed by atoms with Crippen LogP contribution in [0.3, 0.4) is 0 Å². The van der Waals surface area contributed by atoms with E-state index in [2.05, 4.69) is 121 Å². The third kappa shape index (κ3) is 23.2. The van der Waals surface area contributed by atoms with E-state index in [4.69, 9.17) is 65.7 Å². The van der Waals surface area contributed by atoms with Gasteiger partial charge in [-0.05, 0) is 46.5 Å². The second-order valence-corrected chi connectivity index (χ2v) is 20.9. The van der Waals surface area contributed by atoms with Crippen LogP contribution in [0, 0.1) is 20.2 Å². The zero-order valence-corrected chi connectivity index (χ0v) is 42.6. The van der Waals surface area contributed by atoms with Gasteiger partial charge in [-0.3, -0.25) is 13.7 Å². The average Bonchev–Trinajstić information content (AvgIpc) is 4.13. The molecule has 6 rings (SSSR count). The van der Waals surface area contributed by atoms with Crippen molar-refractivity contribution in [2.75, 3.05) is 62.9 Å². The van der Waals surface area contributed by atoms with Crippen LogP contribution in [0.1, 0.15) is 24.2 Å². The fourth-order valence-electron chi connectivity index (χ4n) is 5.30. The van der Waals surface area contributed by atoms with Crippen LogP contribution in [0.25, 0.3) is 0 Å². The lowest BCUT2D eigenvalue weighted by Crippen LogP contribution is -2.27. The van der Waals surface area contributed by atoms with Crippen molar-refractivity contribution < 1.29 is 38.2 Å². The van der Waals surface area contributed by atoms with E-state index in [1.807, 2.05) is 0 Å². The molecule has 0 atom stereocenters. The molecule has 0 amide bonds. The molecule has 1 aliphatic heterocycles. The highest BCUT2D eigenvalue weighted by molar-refractivity contribution is 7.79. The summed E-state index contributed by atoms with van der Waals surface area (Å²) in [5, 5.41) is 43.7. The maximum absolute atomic E-state index is 12.4. The monoisotopic (exact) mass is 1070 g/mol. The van der Waals surface area contributed by atoms with Crippen molar-refractivity contribution >= 4 is 97.5 Å². The molecule has 3 aromatic carbocycles. The maximum Gasteiger partial charge on any atom is 0.434 e. The summed E-state index contributed by atoms with van der Waals surface area (Å²) in [5.74, 6) is 0.542. The zero-order chi connectivity index (χ0) is 49.5. The lowest BCUT2D eigenvalue weighted by Gasteiger charge is -2.19. The first-order valence-corrected chi connectivity index (χ1v) is 27.2. The summed E-state index contributed by atoms with van der Waals surface area (Å²) in [4.78, 5) is 35.8. The first kappa shape index (κ1) is 59.7. The lowest BCUT2D eigenvalue weighted by atomic mass is 10.4. The number of alkyl halides is 4. The zero-order valence-electron chi connectivity index (χ0n) is 36.9. The van der Waals surface area contributed by atoms with Crippen molar-refractivity contribution in [3.8, 4) is 0 Å². The molecule has 1 fully saturated rings. The van der Waals surface area contributed by atoms with Gasteiger partial charge in [-0.1, -0.05) is 101 Å². The van der Waals surface area contributed by atoms with Gasteiger partial charge in [0.25, 0.3) is 0 Å². The number of aromatic nitrogens is 4. The highest BCUT2D eigenvalue weighted by atomic mass is 35.5. The third-order valence-corrected chi connectivity index (χ3v) is 14.8. The van der Waals surface area contributed by atoms with Crippen LogP contribution in [0.2, 0.25) is 0 Å². The molecule has 0 spiro atoms. The van der Waals surface area contributed by atoms with Crippen LogP contribution in [-0.4, -0.2) is 102 Å². The van der Waals surface area contributed by atoms with Crippen molar-refractivity contribution in [2.45, 2.75) is 26.1 Å². The number of imidazole rings is 2. The number of nitrogens with zero attached hydrogens (tertiary/aromatic N) is 6. The molecule has 0 radical (unpaired) electrons. The first-order valence-electron chi connectivity index (χ1n) is 20.4. The van der Waals surface area contributed by atoms with Crippen molar-refractivity contribution in [3.05, 3.63) is 135 Å². The van der Waals surface area contributed by atoms with E-state index in [0.29, 0.717) is 36.2 Å². The van der Waals surface area contributed by atoms with Gasteiger partial charge in [-0.2, -0.15) is 0 Å². The standard InChI is InChI=1S/C18H15P.C9H16Cl2N5O4P.C5H7N3O3.C4H11Cl2N2O2P.C4H8O/c1-4-10-16(11-5-1)19(17-12-6-2-7-13-17)18-14-8-3-9-15-18;1-15-8(6-12-9(15)16(17)18)7-20-21(19,13-4-2-10)14-5-3-11;1-7-4(3-9)2-6-5(7)8(10)11;5-1-3-7-11(9,10)8-4-2-6;1-2-4-5-3-1/h1-15H;6H,2-5,7H2,1H3,(H2,13,14,19);2,9H,3H2,1H3;1-4H2,(H3,7,8,9,10);1-4H2. The average molecular weight is 1070 g/mol. The smallest absolute Gasteiger partial charge is 0.390 e. The van der Waals surface area contributed by atoms with Crippen LogP contribution < -0.4 is 36.3 Å². The SMILES string of the molecule is C1CCOC1.Cn1c(CO)cnc1[N+](=O)[O-].Cn1c(COP(=O)(NCCCl)NCCCl)cnc1[N+](=O)[O-].O=P(O)(NCCCl)NCCCl.c1ccc(P(c2ccccc2)c2ccccc2)cc1. The Morgan fingerprint density at radius 1 is 0.672 bits per heavy atom. The number of halogens is 4. The molecular weight excluding hydrogens is 1020 g/mol. The topological polar surface area (TPSA) is 263 Å². The summed E-state index contributed by atoms with van der Waals surface area (Å²) in [7, 11) is -4.21. The number of benzene rings is 3. The summed E-state index contributed by atoms with van der Waals surface area (Å²) in [6.45, 7) is 2.80. The second-order valence-electron chi connectivity index (χ2n) is 13.3. The number of aliphatic hydroxyl groups excluding tert-OH is 1. The summed E-state index contributed by atoms with van der Waals surface area (Å²) >= 11 is 21.7. The van der Waals surface area contributed by atoms with Crippen molar-refractivity contribution in [1.29, 1.82) is 0 Å². The first-order chi connectivity index (χ1) is 32.2. The summed E-state index contributed by atoms with van der Waals surface area (Å²) in [6, 6.07) is 32.3. The normalized spacial score (nSPS) is 12.1. The molecule has 6 N–H and O–H groups in total. The van der Waals surface area contributed by atoms with E-state index < -0.39 is 33.1 Å². The third-order valence-electron chi connectivity index (χ3n) is 8.54. The molecule has 1 saturated heterocycles. The fraction of sp³-hybridized carbons (Fsp3) is 0.400. The number of nitrogens with one attached hydrogen (secondary N) is 4. The quantitative estimate of drug-likeness (QED) is 0.0201. The minimum Gasteiger partial charge on any atom is -0.390 e. The Labute approximate surface area is 411 Å². The van der Waals surface area contributed by atoms with Gasteiger partial charge in [0.1, 0.15) is 37.0 Å². The summed E-state index contributed by atoms with van der Waals surface area (Å²) in [5.41, 5.74) is 0.846. The van der Waals surface area contributed by atoms with Gasteiger partial charge >= 0.3 is 27.2 Å². The Kier molecular flexibility index (Phi) is 30.3. The Morgan fingerprint density at radius 3 is 1.33 bits per heavy atom. The van der Waals surface area contributed by atoms with Gasteiger partial charge in [-0.25, -0.2) is 29.5 Å². The van der Waals surface area contributed by atoms with Gasteiger partial charge in [0.15, 0.2) is 0 Å². The predicted molar refractivity (Wildman–Crippen MR) is 268 cm³/mol. The number of nitro groups is 2. The van der Waals surface area contributed by atoms with Crippen LogP contribution in [0.5, 0.6) is 0 Å².